The fourth-order valence-electron chi connectivity index (χ4n) is 7.99. The molecule has 324 valence electrons. The van der Waals surface area contributed by atoms with Crippen molar-refractivity contribution in [3.05, 3.63) is 101 Å². The monoisotopic (exact) mass is 847 g/mol. The van der Waals surface area contributed by atoms with Crippen molar-refractivity contribution < 1.29 is 48.1 Å². The topological polar surface area (TPSA) is 216 Å². The average molecular weight is 848 g/mol. The van der Waals surface area contributed by atoms with E-state index in [4.69, 9.17) is 9.47 Å². The van der Waals surface area contributed by atoms with Gasteiger partial charge in [0.25, 0.3) is 5.91 Å². The van der Waals surface area contributed by atoms with E-state index in [-0.39, 0.29) is 79.5 Å². The minimum atomic E-state index is -0.803. The van der Waals surface area contributed by atoms with Gasteiger partial charge in [0.15, 0.2) is 11.5 Å². The predicted molar refractivity (Wildman–Crippen MR) is 227 cm³/mol. The number of imide groups is 1. The van der Waals surface area contributed by atoms with Gasteiger partial charge >= 0.3 is 18.0 Å². The molecule has 3 aliphatic heterocycles. The number of piperidine rings is 1. The number of allylic oxidation sites excluding steroid dienone is 2. The number of ketones is 1. The summed E-state index contributed by atoms with van der Waals surface area (Å²) in [5.74, 6) is -2.50. The Morgan fingerprint density at radius 2 is 1.52 bits per heavy atom. The average Bonchev–Trinajstić information content (AvgIpc) is 3.60. The molecule has 0 spiro atoms. The number of rotatable bonds is 15. The second-order valence-electron chi connectivity index (χ2n) is 15.5. The summed E-state index contributed by atoms with van der Waals surface area (Å²) >= 11 is 0. The predicted octanol–water partition coefficient (Wildman–Crippen LogP) is 3.97. The number of piperazine rings is 1. The molecule has 3 aromatic rings. The van der Waals surface area contributed by atoms with E-state index in [1.165, 1.54) is 17.2 Å². The number of carbonyl (C=O) groups is 7. The van der Waals surface area contributed by atoms with Crippen LogP contribution in [0.2, 0.25) is 0 Å². The van der Waals surface area contributed by atoms with Crippen molar-refractivity contribution in [1.82, 2.24) is 20.0 Å². The van der Waals surface area contributed by atoms with Crippen LogP contribution in [0.5, 0.6) is 5.75 Å². The first-order valence-electron chi connectivity index (χ1n) is 20.8. The highest BCUT2D eigenvalue weighted by Crippen LogP contribution is 2.34. The molecule has 1 aliphatic carbocycles. The number of hydrogen-bond acceptors (Lipinski definition) is 13. The maximum Gasteiger partial charge on any atom is 0.323 e. The van der Waals surface area contributed by atoms with Gasteiger partial charge in [0.05, 0.1) is 30.6 Å². The molecule has 0 saturated carbocycles. The van der Waals surface area contributed by atoms with Crippen LogP contribution in [0.1, 0.15) is 65.9 Å². The van der Waals surface area contributed by atoms with Crippen LogP contribution in [0.15, 0.2) is 89.1 Å². The summed E-state index contributed by atoms with van der Waals surface area (Å²) in [6.45, 7) is 5.16. The molecule has 0 bridgehead atoms. The SMILES string of the molecule is O=C1CCC(N2Cc3c(NC(=O)Nc4ccccc4OC(=O)CCC(=O)OCCN4CCN(CCN=CC5=C(O)CC(c6ccccc6)CC5=O)CC4)cccc3C2=O)C(=O)N1. The number of benzene rings is 3. The van der Waals surface area contributed by atoms with Gasteiger partial charge in [-0.25, -0.2) is 4.79 Å². The van der Waals surface area contributed by atoms with Gasteiger partial charge in [0.1, 0.15) is 18.4 Å². The van der Waals surface area contributed by atoms with Crippen molar-refractivity contribution in [2.45, 2.75) is 57.0 Å². The molecule has 2 atom stereocenters. The zero-order chi connectivity index (χ0) is 43.6. The highest BCUT2D eigenvalue weighted by Gasteiger charge is 2.40. The number of esters is 2. The van der Waals surface area contributed by atoms with E-state index >= 15 is 0 Å². The second-order valence-corrected chi connectivity index (χ2v) is 15.5. The molecular formula is C45H49N7O10. The number of fused-ring (bicyclic) bond motifs is 1. The van der Waals surface area contributed by atoms with Gasteiger partial charge in [-0.3, -0.25) is 48.9 Å². The van der Waals surface area contributed by atoms with Crippen LogP contribution in [-0.4, -0.2) is 126 Å². The van der Waals surface area contributed by atoms with Crippen molar-refractivity contribution in [3.63, 3.8) is 0 Å². The van der Waals surface area contributed by atoms with E-state index in [1.807, 2.05) is 30.3 Å². The Kier molecular flexibility index (Phi) is 14.2. The lowest BCUT2D eigenvalue weighted by atomic mass is 9.83. The maximum atomic E-state index is 13.2. The number of aliphatic imine (C=N–C) groups is 1. The van der Waals surface area contributed by atoms with E-state index in [0.29, 0.717) is 54.9 Å². The molecule has 2 unspecified atom stereocenters. The number of amides is 5. The van der Waals surface area contributed by atoms with Crippen LogP contribution < -0.4 is 20.7 Å². The van der Waals surface area contributed by atoms with Crippen molar-refractivity contribution in [2.75, 3.05) is 63.1 Å². The Morgan fingerprint density at radius 3 is 2.27 bits per heavy atom. The third-order valence-electron chi connectivity index (χ3n) is 11.4. The summed E-state index contributed by atoms with van der Waals surface area (Å²) in [6, 6.07) is 19.4. The zero-order valence-electron chi connectivity index (χ0n) is 34.2. The minimum absolute atomic E-state index is 0.0285. The summed E-state index contributed by atoms with van der Waals surface area (Å²) in [5, 5.41) is 18.2. The van der Waals surface area contributed by atoms with Crippen LogP contribution >= 0.6 is 0 Å². The number of para-hydroxylation sites is 2. The van der Waals surface area contributed by atoms with E-state index in [9.17, 15) is 38.7 Å². The van der Waals surface area contributed by atoms with E-state index in [0.717, 1.165) is 31.7 Å². The molecule has 17 nitrogen and oxygen atoms in total. The van der Waals surface area contributed by atoms with Gasteiger partial charge in [-0.1, -0.05) is 48.5 Å². The number of nitrogens with zero attached hydrogens (tertiary/aromatic N) is 4. The molecule has 7 rings (SSSR count). The zero-order valence-corrected chi connectivity index (χ0v) is 34.2. The van der Waals surface area contributed by atoms with Gasteiger partial charge in [0, 0.05) is 88.1 Å². The molecule has 0 radical (unpaired) electrons. The minimum Gasteiger partial charge on any atom is -0.511 e. The Balaban J connectivity index is 0.781. The van der Waals surface area contributed by atoms with Crippen molar-refractivity contribution in [2.24, 2.45) is 4.99 Å². The molecule has 2 saturated heterocycles. The molecule has 2 fully saturated rings. The Labute approximate surface area is 358 Å². The highest BCUT2D eigenvalue weighted by atomic mass is 16.5. The lowest BCUT2D eigenvalue weighted by molar-refractivity contribution is -0.147. The van der Waals surface area contributed by atoms with Gasteiger partial charge in [0.2, 0.25) is 11.8 Å². The Hall–Kier alpha value is -6.72. The molecule has 0 aromatic heterocycles. The summed E-state index contributed by atoms with van der Waals surface area (Å²) in [5.41, 5.74) is 2.74. The van der Waals surface area contributed by atoms with E-state index in [1.54, 1.807) is 36.4 Å². The first-order valence-corrected chi connectivity index (χ1v) is 20.8. The van der Waals surface area contributed by atoms with Crippen LogP contribution in [0, 0.1) is 0 Å². The second kappa shape index (κ2) is 20.2. The fourth-order valence-corrected chi connectivity index (χ4v) is 7.99. The number of Topliss-reactive ketones (excluding diaryl/α,β-unsaturated/α-hetero) is 1. The molecule has 4 aliphatic rings. The standard InChI is InChI=1S/C45H49N7O10/c53-37-25-30(29-7-2-1-3-8-29)26-38(54)32(37)27-46-17-18-50-19-21-51(22-20-50)23-24-61-41(56)15-16-42(57)62-39-12-5-4-10-35(39)48-45(60)47-34-11-6-9-31-33(34)28-52(44(31)59)36-13-14-40(55)49-43(36)58/h1-12,27,30,36,53H,13-26,28H2,(H2,47,48,60)(H,49,55,58). The molecule has 3 heterocycles. The highest BCUT2D eigenvalue weighted by molar-refractivity contribution is 6.14. The van der Waals surface area contributed by atoms with Crippen molar-refractivity contribution in [1.29, 1.82) is 0 Å². The summed E-state index contributed by atoms with van der Waals surface area (Å²) in [4.78, 5) is 98.6. The van der Waals surface area contributed by atoms with Crippen molar-refractivity contribution in [3.8, 4) is 5.75 Å². The van der Waals surface area contributed by atoms with E-state index in [2.05, 4.69) is 30.7 Å². The van der Waals surface area contributed by atoms with Gasteiger partial charge in [-0.15, -0.1) is 0 Å². The van der Waals surface area contributed by atoms with Gasteiger partial charge in [-0.05, 0) is 42.2 Å². The van der Waals surface area contributed by atoms with Gasteiger partial charge < -0.3 is 30.1 Å². The third kappa shape index (κ3) is 11.0. The summed E-state index contributed by atoms with van der Waals surface area (Å²) in [7, 11) is 0. The van der Waals surface area contributed by atoms with E-state index < -0.39 is 29.9 Å². The van der Waals surface area contributed by atoms with Crippen molar-refractivity contribution >= 4 is 59.1 Å². The number of anilines is 2. The molecule has 17 heteroatoms. The van der Waals surface area contributed by atoms with Crippen LogP contribution in [0.3, 0.4) is 0 Å². The lowest BCUT2D eigenvalue weighted by Gasteiger charge is -2.34. The molecule has 5 amide bonds. The Morgan fingerprint density at radius 1 is 0.823 bits per heavy atom. The number of nitrogens with one attached hydrogen (secondary N) is 3. The lowest BCUT2D eigenvalue weighted by Crippen LogP contribution is -2.52. The number of aliphatic hydroxyl groups excluding tert-OH is 1. The largest absolute Gasteiger partial charge is 0.511 e. The number of ether oxygens (including phenoxy) is 2. The summed E-state index contributed by atoms with van der Waals surface area (Å²) < 4.78 is 10.9. The number of hydrogen-bond donors (Lipinski definition) is 4. The Bertz CT molecular complexity index is 2270. The smallest absolute Gasteiger partial charge is 0.323 e. The third-order valence-corrected chi connectivity index (χ3v) is 11.4. The first-order chi connectivity index (χ1) is 30.0. The number of urea groups is 1. The fraction of sp³-hybridized carbons (Fsp3) is 0.378. The van der Waals surface area contributed by atoms with Crippen LogP contribution in [-0.2, 0) is 35.3 Å². The normalized spacial score (nSPS) is 19.6. The molecule has 3 aromatic carbocycles. The number of aliphatic hydroxyl groups is 1. The van der Waals surface area contributed by atoms with Crippen LogP contribution in [0.4, 0.5) is 16.2 Å². The molecule has 4 N–H and O–H groups in total. The number of carbonyl (C=O) groups excluding carboxylic acids is 7. The first kappa shape index (κ1) is 43.4. The maximum absolute atomic E-state index is 13.2. The molecular weight excluding hydrogens is 799 g/mol. The van der Waals surface area contributed by atoms with Crippen LogP contribution in [0.25, 0.3) is 0 Å². The van der Waals surface area contributed by atoms with Gasteiger partial charge in [-0.2, -0.15) is 0 Å². The molecule has 62 heavy (non-hydrogen) atoms. The quantitative estimate of drug-likeness (QED) is 0.0740. The summed E-state index contributed by atoms with van der Waals surface area (Å²) in [6.07, 6.45) is 2.17.